The molecule has 2 rings (SSSR count). The highest BCUT2D eigenvalue weighted by Gasteiger charge is 2.37. The summed E-state index contributed by atoms with van der Waals surface area (Å²) >= 11 is 11.1. The molecule has 98 valence electrons. The molecular formula is C11H6Cl2N2O4. The van der Waals surface area contributed by atoms with Crippen molar-refractivity contribution in [2.24, 2.45) is 0 Å². The fourth-order valence-electron chi connectivity index (χ4n) is 1.74. The quantitative estimate of drug-likeness (QED) is 0.488. The van der Waals surface area contributed by atoms with E-state index >= 15 is 0 Å². The first-order valence-corrected chi connectivity index (χ1v) is 5.86. The highest BCUT2D eigenvalue weighted by atomic mass is 35.5. The van der Waals surface area contributed by atoms with Gasteiger partial charge >= 0.3 is 0 Å². The first-order chi connectivity index (χ1) is 8.95. The first kappa shape index (κ1) is 13.5. The van der Waals surface area contributed by atoms with Crippen molar-refractivity contribution in [3.05, 3.63) is 44.4 Å². The van der Waals surface area contributed by atoms with Crippen LogP contribution in [0.2, 0.25) is 0 Å². The molecule has 1 aromatic carbocycles. The monoisotopic (exact) mass is 300 g/mol. The average molecular weight is 301 g/mol. The van der Waals surface area contributed by atoms with E-state index in [-0.39, 0.29) is 28.5 Å². The van der Waals surface area contributed by atoms with Crippen molar-refractivity contribution in [3.63, 3.8) is 0 Å². The third-order valence-corrected chi connectivity index (χ3v) is 3.20. The van der Waals surface area contributed by atoms with E-state index in [1.54, 1.807) is 0 Å². The number of rotatable bonds is 3. The van der Waals surface area contributed by atoms with Gasteiger partial charge in [-0.2, -0.15) is 0 Å². The fraction of sp³-hybridized carbons (Fsp3) is 0.0909. The van der Waals surface area contributed by atoms with Crippen molar-refractivity contribution in [2.75, 3.05) is 11.4 Å². The Balaban J connectivity index is 2.47. The third-order valence-electron chi connectivity index (χ3n) is 2.59. The van der Waals surface area contributed by atoms with Gasteiger partial charge in [0.1, 0.15) is 0 Å². The standard InChI is InChI=1S/C11H6Cl2N2O4/c12-4-6(13)5-14-9-2-1-7(15(18)19)3-8(9)10(16)11(14)17/h1-4H,5H2. The van der Waals surface area contributed by atoms with Gasteiger partial charge in [-0.3, -0.25) is 24.6 Å². The number of halogens is 2. The van der Waals surface area contributed by atoms with Crippen LogP contribution in [0.4, 0.5) is 11.4 Å². The Kier molecular flexibility index (Phi) is 3.55. The van der Waals surface area contributed by atoms with Crippen LogP contribution in [-0.2, 0) is 4.79 Å². The van der Waals surface area contributed by atoms with Crippen LogP contribution in [0.5, 0.6) is 0 Å². The molecule has 0 saturated heterocycles. The van der Waals surface area contributed by atoms with Gasteiger partial charge < -0.3 is 0 Å². The summed E-state index contributed by atoms with van der Waals surface area (Å²) in [4.78, 5) is 34.7. The summed E-state index contributed by atoms with van der Waals surface area (Å²) in [5.41, 5.74) is 1.12. The summed E-state index contributed by atoms with van der Waals surface area (Å²) in [6.07, 6.45) is 0. The van der Waals surface area contributed by atoms with Gasteiger partial charge in [-0.15, -0.1) is 0 Å². The summed E-state index contributed by atoms with van der Waals surface area (Å²) in [5.74, 6) is -1.58. The minimum absolute atomic E-state index is 0.00163. The van der Waals surface area contributed by atoms with Crippen LogP contribution in [0.15, 0.2) is 28.8 Å². The molecule has 0 N–H and O–H groups in total. The van der Waals surface area contributed by atoms with E-state index in [9.17, 15) is 19.7 Å². The number of carbonyl (C=O) groups excluding carboxylic acids is 2. The van der Waals surface area contributed by atoms with E-state index < -0.39 is 16.6 Å². The van der Waals surface area contributed by atoms with Crippen LogP contribution < -0.4 is 4.90 Å². The summed E-state index contributed by atoms with van der Waals surface area (Å²) in [6, 6.07) is 3.64. The van der Waals surface area contributed by atoms with Crippen LogP contribution >= 0.6 is 23.2 Å². The second kappa shape index (κ2) is 4.99. The molecule has 6 nitrogen and oxygen atoms in total. The number of hydrogen-bond donors (Lipinski definition) is 0. The number of anilines is 1. The normalized spacial score (nSPS) is 14.8. The minimum Gasteiger partial charge on any atom is -0.299 e. The average Bonchev–Trinajstić information content (AvgIpc) is 2.63. The Morgan fingerprint density at radius 1 is 1.42 bits per heavy atom. The van der Waals surface area contributed by atoms with E-state index in [0.717, 1.165) is 16.5 Å². The van der Waals surface area contributed by atoms with Crippen molar-refractivity contribution in [1.82, 2.24) is 0 Å². The zero-order valence-corrected chi connectivity index (χ0v) is 10.8. The van der Waals surface area contributed by atoms with Gasteiger partial charge in [-0.25, -0.2) is 0 Å². The Morgan fingerprint density at radius 2 is 2.11 bits per heavy atom. The van der Waals surface area contributed by atoms with E-state index in [0.29, 0.717) is 0 Å². The number of ketones is 1. The lowest BCUT2D eigenvalue weighted by Crippen LogP contribution is -2.30. The second-order valence-electron chi connectivity index (χ2n) is 3.73. The fourth-order valence-corrected chi connectivity index (χ4v) is 1.93. The molecule has 0 unspecified atom stereocenters. The summed E-state index contributed by atoms with van der Waals surface area (Å²) in [5, 5.41) is 10.8. The van der Waals surface area contributed by atoms with Crippen LogP contribution in [0.3, 0.4) is 0 Å². The maximum atomic E-state index is 11.8. The number of nitrogens with zero attached hydrogens (tertiary/aromatic N) is 2. The van der Waals surface area contributed by atoms with Crippen molar-refractivity contribution in [2.45, 2.75) is 0 Å². The minimum atomic E-state index is -0.794. The van der Waals surface area contributed by atoms with Gasteiger partial charge in [0.25, 0.3) is 17.4 Å². The van der Waals surface area contributed by atoms with Gasteiger partial charge in [0.15, 0.2) is 0 Å². The van der Waals surface area contributed by atoms with E-state index in [1.807, 2.05) is 0 Å². The lowest BCUT2D eigenvalue weighted by Gasteiger charge is -2.15. The molecule has 0 spiro atoms. The maximum Gasteiger partial charge on any atom is 0.299 e. The SMILES string of the molecule is O=C1C(=O)N(CC(Cl)=CCl)c2ccc([N+](=O)[O-])cc21. The molecule has 0 fully saturated rings. The lowest BCUT2D eigenvalue weighted by atomic mass is 10.1. The maximum absolute atomic E-state index is 11.8. The number of hydrogen-bond acceptors (Lipinski definition) is 4. The van der Waals surface area contributed by atoms with E-state index in [4.69, 9.17) is 23.2 Å². The van der Waals surface area contributed by atoms with Gasteiger partial charge in [-0.05, 0) is 6.07 Å². The molecule has 19 heavy (non-hydrogen) atoms. The Labute approximate surface area is 117 Å². The van der Waals surface area contributed by atoms with E-state index in [1.165, 1.54) is 12.1 Å². The molecule has 8 heteroatoms. The van der Waals surface area contributed by atoms with Crippen LogP contribution in [0.25, 0.3) is 0 Å². The molecule has 1 heterocycles. The number of amides is 1. The third kappa shape index (κ3) is 2.32. The molecule has 0 aliphatic carbocycles. The van der Waals surface area contributed by atoms with Crippen LogP contribution in [-0.4, -0.2) is 23.2 Å². The van der Waals surface area contributed by atoms with Crippen molar-refractivity contribution < 1.29 is 14.5 Å². The zero-order valence-electron chi connectivity index (χ0n) is 9.30. The number of nitro benzene ring substituents is 1. The van der Waals surface area contributed by atoms with Crippen molar-refractivity contribution >= 4 is 46.3 Å². The molecule has 1 amide bonds. The number of fused-ring (bicyclic) bond motifs is 1. The number of non-ortho nitro benzene ring substituents is 1. The van der Waals surface area contributed by atoms with E-state index in [2.05, 4.69) is 0 Å². The second-order valence-corrected chi connectivity index (χ2v) is 4.44. The van der Waals surface area contributed by atoms with Gasteiger partial charge in [0.2, 0.25) is 0 Å². The molecule has 1 aliphatic rings. The predicted octanol–water partition coefficient (Wildman–Crippen LogP) is 2.44. The van der Waals surface area contributed by atoms with Crippen LogP contribution in [0, 0.1) is 10.1 Å². The highest BCUT2D eigenvalue weighted by Crippen LogP contribution is 2.32. The lowest BCUT2D eigenvalue weighted by molar-refractivity contribution is -0.384. The topological polar surface area (TPSA) is 80.5 Å². The molecule has 0 radical (unpaired) electrons. The molecule has 1 aliphatic heterocycles. The van der Waals surface area contributed by atoms with Crippen molar-refractivity contribution in [3.8, 4) is 0 Å². The Morgan fingerprint density at radius 3 is 2.68 bits per heavy atom. The van der Waals surface area contributed by atoms with Gasteiger partial charge in [-0.1, -0.05) is 23.2 Å². The number of benzene rings is 1. The Bertz CT molecular complexity index is 627. The molecule has 0 aromatic heterocycles. The predicted molar refractivity (Wildman–Crippen MR) is 69.6 cm³/mol. The van der Waals surface area contributed by atoms with Gasteiger partial charge in [0, 0.05) is 22.7 Å². The number of nitro groups is 1. The molecule has 0 saturated carbocycles. The molecule has 1 aromatic rings. The summed E-state index contributed by atoms with van der Waals surface area (Å²) in [6.45, 7) is -0.0551. The zero-order chi connectivity index (χ0) is 14.2. The van der Waals surface area contributed by atoms with Gasteiger partial charge in [0.05, 0.1) is 22.7 Å². The highest BCUT2D eigenvalue weighted by molar-refractivity contribution is 6.52. The number of carbonyl (C=O) groups is 2. The Hall–Kier alpha value is -1.92. The summed E-state index contributed by atoms with van der Waals surface area (Å²) in [7, 11) is 0. The smallest absolute Gasteiger partial charge is 0.299 e. The van der Waals surface area contributed by atoms with Crippen molar-refractivity contribution in [1.29, 1.82) is 0 Å². The molecule has 0 atom stereocenters. The molecule has 0 bridgehead atoms. The summed E-state index contributed by atoms with van der Waals surface area (Å²) < 4.78 is 0. The number of Topliss-reactive ketones (excluding diaryl/α,β-unsaturated/α-hetero) is 1. The molecular weight excluding hydrogens is 295 g/mol. The largest absolute Gasteiger partial charge is 0.299 e. The first-order valence-electron chi connectivity index (χ1n) is 5.05. The van der Waals surface area contributed by atoms with Crippen LogP contribution in [0.1, 0.15) is 10.4 Å².